The second-order valence-corrected chi connectivity index (χ2v) is 3.82. The summed E-state index contributed by atoms with van der Waals surface area (Å²) in [5, 5.41) is 0. The minimum Gasteiger partial charge on any atom is -0.463 e. The van der Waals surface area contributed by atoms with Crippen molar-refractivity contribution in [2.75, 3.05) is 0 Å². The summed E-state index contributed by atoms with van der Waals surface area (Å²) >= 11 is 0. The number of hydrogen-bond donors (Lipinski definition) is 1. The summed E-state index contributed by atoms with van der Waals surface area (Å²) < 4.78 is 5.15. The Kier molecular flexibility index (Phi) is 9.31. The first-order valence-corrected chi connectivity index (χ1v) is 4.90. The Labute approximate surface area is 92.6 Å². The molecule has 1 rings (SSSR count). The molecule has 86 valence electrons. The molecule has 1 aliphatic rings. The zero-order valence-corrected chi connectivity index (χ0v) is 9.94. The van der Waals surface area contributed by atoms with Gasteiger partial charge in [-0.25, -0.2) is 0 Å². The maximum absolute atomic E-state index is 11.4. The Morgan fingerprint density at radius 2 is 1.71 bits per heavy atom. The molecule has 0 aromatic carbocycles. The molecule has 0 bridgehead atoms. The number of ether oxygens (including phenoxy) is 1. The van der Waals surface area contributed by atoms with E-state index in [9.17, 15) is 4.79 Å². The van der Waals surface area contributed by atoms with Crippen molar-refractivity contribution in [2.24, 2.45) is 5.92 Å². The maximum Gasteiger partial charge on any atom is 0.309 e. The van der Waals surface area contributed by atoms with Gasteiger partial charge in [-0.15, -0.1) is 12.4 Å². The van der Waals surface area contributed by atoms with Gasteiger partial charge in [-0.3, -0.25) is 4.79 Å². The average Bonchev–Trinajstić information content (AvgIpc) is 2.05. The van der Waals surface area contributed by atoms with Gasteiger partial charge in [0.1, 0.15) is 0 Å². The van der Waals surface area contributed by atoms with E-state index in [1.807, 2.05) is 13.8 Å². The number of hydrogen-bond acceptors (Lipinski definition) is 3. The van der Waals surface area contributed by atoms with E-state index in [1.54, 1.807) is 0 Å². The van der Waals surface area contributed by atoms with Crippen LogP contribution in [0.2, 0.25) is 0 Å². The first-order chi connectivity index (χ1) is 5.70. The van der Waals surface area contributed by atoms with Crippen LogP contribution in [-0.4, -0.2) is 12.1 Å². The van der Waals surface area contributed by atoms with Crippen molar-refractivity contribution in [1.29, 1.82) is 0 Å². The fraction of sp³-hybridized carbons (Fsp3) is 0.900. The molecular formula is C10H22ClNO2. The van der Waals surface area contributed by atoms with Crippen molar-refractivity contribution in [3.05, 3.63) is 0 Å². The first-order valence-electron chi connectivity index (χ1n) is 4.90. The van der Waals surface area contributed by atoms with Gasteiger partial charge in [-0.2, -0.15) is 0 Å². The van der Waals surface area contributed by atoms with Crippen molar-refractivity contribution < 1.29 is 9.53 Å². The Hall–Kier alpha value is -0.280. The minimum absolute atomic E-state index is 0. The molecule has 1 fully saturated rings. The van der Waals surface area contributed by atoms with Crippen molar-refractivity contribution >= 4 is 18.4 Å². The van der Waals surface area contributed by atoms with E-state index in [0.717, 1.165) is 12.8 Å². The molecule has 0 spiro atoms. The van der Waals surface area contributed by atoms with Crippen LogP contribution >= 0.6 is 12.4 Å². The number of esters is 1. The van der Waals surface area contributed by atoms with E-state index in [-0.39, 0.29) is 36.5 Å². The lowest BCUT2D eigenvalue weighted by Crippen LogP contribution is -2.23. The third-order valence-electron chi connectivity index (χ3n) is 2.29. The van der Waals surface area contributed by atoms with E-state index >= 15 is 0 Å². The van der Waals surface area contributed by atoms with E-state index < -0.39 is 0 Å². The predicted octanol–water partition coefficient (Wildman–Crippen LogP) is 3.10. The summed E-state index contributed by atoms with van der Waals surface area (Å²) in [5.74, 6) is 0.214. The molecule has 3 nitrogen and oxygen atoms in total. The fourth-order valence-electron chi connectivity index (χ4n) is 1.67. The molecular weight excluding hydrogens is 202 g/mol. The molecule has 0 aromatic rings. The lowest BCUT2D eigenvalue weighted by Gasteiger charge is -2.20. The molecule has 0 amide bonds. The van der Waals surface area contributed by atoms with Gasteiger partial charge in [0.15, 0.2) is 0 Å². The van der Waals surface area contributed by atoms with Gasteiger partial charge >= 0.3 is 5.97 Å². The van der Waals surface area contributed by atoms with Crippen molar-refractivity contribution in [1.82, 2.24) is 6.15 Å². The summed E-state index contributed by atoms with van der Waals surface area (Å²) in [5.41, 5.74) is 0. The van der Waals surface area contributed by atoms with E-state index in [0.29, 0.717) is 0 Å². The normalized spacial score (nSPS) is 16.8. The summed E-state index contributed by atoms with van der Waals surface area (Å²) in [6.07, 6.45) is 5.78. The maximum atomic E-state index is 11.4. The molecule has 0 unspecified atom stereocenters. The second-order valence-electron chi connectivity index (χ2n) is 3.82. The monoisotopic (exact) mass is 223 g/mol. The van der Waals surface area contributed by atoms with Crippen LogP contribution in [0.5, 0.6) is 0 Å². The number of carbonyl (C=O) groups is 1. The van der Waals surface area contributed by atoms with Gasteiger partial charge in [0, 0.05) is 0 Å². The van der Waals surface area contributed by atoms with Crippen LogP contribution in [0.1, 0.15) is 46.0 Å². The molecule has 4 heteroatoms. The van der Waals surface area contributed by atoms with Crippen LogP contribution < -0.4 is 6.15 Å². The van der Waals surface area contributed by atoms with Crippen LogP contribution in [0.25, 0.3) is 0 Å². The van der Waals surface area contributed by atoms with Gasteiger partial charge < -0.3 is 10.9 Å². The lowest BCUT2D eigenvalue weighted by molar-refractivity contribution is -0.153. The summed E-state index contributed by atoms with van der Waals surface area (Å²) in [4.78, 5) is 11.4. The Morgan fingerprint density at radius 1 is 1.21 bits per heavy atom. The highest BCUT2D eigenvalue weighted by atomic mass is 35.5. The number of halogens is 1. The third kappa shape index (κ3) is 5.45. The van der Waals surface area contributed by atoms with E-state index in [2.05, 4.69) is 0 Å². The summed E-state index contributed by atoms with van der Waals surface area (Å²) in [7, 11) is 0. The molecule has 1 saturated carbocycles. The lowest BCUT2D eigenvalue weighted by atomic mass is 9.89. The van der Waals surface area contributed by atoms with Crippen LogP contribution in [0.3, 0.4) is 0 Å². The van der Waals surface area contributed by atoms with Crippen LogP contribution in [-0.2, 0) is 9.53 Å². The molecule has 0 atom stereocenters. The topological polar surface area (TPSA) is 61.3 Å². The zero-order valence-electron chi connectivity index (χ0n) is 9.12. The van der Waals surface area contributed by atoms with E-state index in [4.69, 9.17) is 4.74 Å². The number of carbonyl (C=O) groups excluding carboxylic acids is 1. The number of rotatable bonds is 2. The van der Waals surface area contributed by atoms with Crippen LogP contribution in [0.4, 0.5) is 0 Å². The highest BCUT2D eigenvalue weighted by Gasteiger charge is 2.22. The average molecular weight is 224 g/mol. The molecule has 1 aliphatic carbocycles. The standard InChI is InChI=1S/C10H18O2.ClH.H3N/c1-8(2)12-10(11)9-6-4-3-5-7-9;;/h8-9H,3-7H2,1-2H3;1H;1H3. The second kappa shape index (κ2) is 8.06. The first kappa shape index (κ1) is 16.2. The van der Waals surface area contributed by atoms with Gasteiger partial charge in [-0.1, -0.05) is 19.3 Å². The van der Waals surface area contributed by atoms with Crippen LogP contribution in [0, 0.1) is 5.92 Å². The largest absolute Gasteiger partial charge is 0.463 e. The molecule has 14 heavy (non-hydrogen) atoms. The summed E-state index contributed by atoms with van der Waals surface area (Å²) in [6.45, 7) is 3.81. The van der Waals surface area contributed by atoms with Gasteiger partial charge in [0.05, 0.1) is 12.0 Å². The predicted molar refractivity (Wildman–Crippen MR) is 60.1 cm³/mol. The quantitative estimate of drug-likeness (QED) is 0.732. The molecule has 0 aromatic heterocycles. The van der Waals surface area contributed by atoms with Gasteiger partial charge in [0.25, 0.3) is 0 Å². The van der Waals surface area contributed by atoms with Gasteiger partial charge in [0.2, 0.25) is 0 Å². The molecule has 0 saturated heterocycles. The van der Waals surface area contributed by atoms with Gasteiger partial charge in [-0.05, 0) is 26.7 Å². The zero-order chi connectivity index (χ0) is 8.97. The highest BCUT2D eigenvalue weighted by Crippen LogP contribution is 2.24. The van der Waals surface area contributed by atoms with Crippen molar-refractivity contribution in [3.63, 3.8) is 0 Å². The summed E-state index contributed by atoms with van der Waals surface area (Å²) in [6, 6.07) is 0. The molecule has 3 N–H and O–H groups in total. The van der Waals surface area contributed by atoms with Crippen molar-refractivity contribution in [3.8, 4) is 0 Å². The Bertz CT molecular complexity index is 156. The minimum atomic E-state index is 0. The molecule has 0 aliphatic heterocycles. The Morgan fingerprint density at radius 3 is 2.14 bits per heavy atom. The van der Waals surface area contributed by atoms with E-state index in [1.165, 1.54) is 19.3 Å². The smallest absolute Gasteiger partial charge is 0.309 e. The van der Waals surface area contributed by atoms with Crippen molar-refractivity contribution in [2.45, 2.75) is 52.1 Å². The third-order valence-corrected chi connectivity index (χ3v) is 2.29. The fourth-order valence-corrected chi connectivity index (χ4v) is 1.67. The SMILES string of the molecule is CC(C)OC(=O)C1CCCCC1.Cl.N. The van der Waals surface area contributed by atoms with Crippen LogP contribution in [0.15, 0.2) is 0 Å². The Balaban J connectivity index is 0. The molecule has 0 radical (unpaired) electrons. The molecule has 0 heterocycles. The highest BCUT2D eigenvalue weighted by molar-refractivity contribution is 5.85.